The molecule has 1 N–H and O–H groups in total. The largest absolute Gasteiger partial charge is 0.379 e. The van der Waals surface area contributed by atoms with Gasteiger partial charge in [0.1, 0.15) is 0 Å². The lowest BCUT2D eigenvalue weighted by Gasteiger charge is -1.98. The highest BCUT2D eigenvalue weighted by Crippen LogP contribution is 1.80. The molecule has 0 aliphatic heterocycles. The fraction of sp³-hybridized carbons (Fsp3) is 1.00. The summed E-state index contributed by atoms with van der Waals surface area (Å²) >= 11 is 2.29. The predicted octanol–water partition coefficient (Wildman–Crippen LogP) is 0.657. The summed E-state index contributed by atoms with van der Waals surface area (Å²) < 4.78 is 6.24. The molecule has 0 aromatic rings. The molecule has 0 saturated heterocycles. The van der Waals surface area contributed by atoms with E-state index in [0.717, 1.165) is 24.2 Å². The van der Waals surface area contributed by atoms with Crippen molar-refractivity contribution in [2.75, 3.05) is 31.2 Å². The summed E-state index contributed by atoms with van der Waals surface area (Å²) in [6.07, 6.45) is 0. The maximum absolute atomic E-state index is 5.15. The Labute approximate surface area is 64.1 Å². The molecule has 0 saturated carbocycles. The maximum Gasteiger partial charge on any atom is 0.0591 e. The van der Waals surface area contributed by atoms with Gasteiger partial charge in [0, 0.05) is 11.0 Å². The van der Waals surface area contributed by atoms with Gasteiger partial charge in [-0.1, -0.05) is 22.6 Å². The molecule has 0 spiro atoms. The second-order valence-corrected chi connectivity index (χ2v) is 2.48. The van der Waals surface area contributed by atoms with Crippen molar-refractivity contribution in [1.82, 2.24) is 5.32 Å². The van der Waals surface area contributed by atoms with E-state index in [2.05, 4.69) is 27.9 Å². The lowest BCUT2D eigenvalue weighted by molar-refractivity contribution is 0.155. The van der Waals surface area contributed by atoms with Crippen molar-refractivity contribution < 1.29 is 4.74 Å². The van der Waals surface area contributed by atoms with Crippen molar-refractivity contribution in [1.29, 1.82) is 0 Å². The number of likely N-dealkylation sites (N-methyl/N-ethyl adjacent to an activating group) is 1. The Morgan fingerprint density at radius 1 is 1.50 bits per heavy atom. The van der Waals surface area contributed by atoms with Crippen molar-refractivity contribution in [3.63, 3.8) is 0 Å². The number of alkyl halides is 1. The fourth-order valence-corrected chi connectivity index (χ4v) is 0.642. The third-order valence-electron chi connectivity index (χ3n) is 0.718. The van der Waals surface area contributed by atoms with Gasteiger partial charge in [0.25, 0.3) is 0 Å². The number of rotatable bonds is 5. The first-order valence-electron chi connectivity index (χ1n) is 2.70. The molecule has 0 unspecified atom stereocenters. The summed E-state index contributed by atoms with van der Waals surface area (Å²) in [5, 5.41) is 3.00. The van der Waals surface area contributed by atoms with E-state index in [1.807, 2.05) is 7.05 Å². The molecular weight excluding hydrogens is 217 g/mol. The van der Waals surface area contributed by atoms with Gasteiger partial charge in [0.15, 0.2) is 0 Å². The van der Waals surface area contributed by atoms with Gasteiger partial charge < -0.3 is 10.1 Å². The molecule has 8 heavy (non-hydrogen) atoms. The van der Waals surface area contributed by atoms with Crippen LogP contribution in [0.3, 0.4) is 0 Å². The molecule has 0 fully saturated rings. The predicted molar refractivity (Wildman–Crippen MR) is 43.6 cm³/mol. The Hall–Kier alpha value is 0.650. The molecule has 0 bridgehead atoms. The lowest BCUT2D eigenvalue weighted by atomic mass is 10.7. The molecule has 50 valence electrons. The summed E-state index contributed by atoms with van der Waals surface area (Å²) in [5.41, 5.74) is 0. The fourth-order valence-electron chi connectivity index (χ4n) is 0.331. The Kier molecular flexibility index (Phi) is 8.27. The minimum Gasteiger partial charge on any atom is -0.379 e. The monoisotopic (exact) mass is 229 g/mol. The van der Waals surface area contributed by atoms with Crippen molar-refractivity contribution in [2.45, 2.75) is 0 Å². The van der Waals surface area contributed by atoms with Gasteiger partial charge >= 0.3 is 0 Å². The van der Waals surface area contributed by atoms with E-state index < -0.39 is 0 Å². The van der Waals surface area contributed by atoms with E-state index in [-0.39, 0.29) is 0 Å². The molecule has 0 rings (SSSR count). The van der Waals surface area contributed by atoms with Gasteiger partial charge in [-0.3, -0.25) is 0 Å². The highest BCUT2D eigenvalue weighted by Gasteiger charge is 1.81. The summed E-state index contributed by atoms with van der Waals surface area (Å²) in [6.45, 7) is 2.67. The van der Waals surface area contributed by atoms with Crippen LogP contribution in [0.1, 0.15) is 0 Å². The summed E-state index contributed by atoms with van der Waals surface area (Å²) in [4.78, 5) is 0. The topological polar surface area (TPSA) is 21.3 Å². The van der Waals surface area contributed by atoms with Crippen molar-refractivity contribution in [3.8, 4) is 0 Å². The van der Waals surface area contributed by atoms with E-state index in [1.165, 1.54) is 0 Å². The minimum absolute atomic E-state index is 0.833. The van der Waals surface area contributed by atoms with Crippen molar-refractivity contribution in [3.05, 3.63) is 0 Å². The second-order valence-electron chi connectivity index (χ2n) is 1.40. The number of hydrogen-bond donors (Lipinski definition) is 1. The first kappa shape index (κ1) is 8.65. The molecule has 0 aliphatic carbocycles. The van der Waals surface area contributed by atoms with Crippen LogP contribution in [0.25, 0.3) is 0 Å². The van der Waals surface area contributed by atoms with Gasteiger partial charge in [-0.25, -0.2) is 0 Å². The van der Waals surface area contributed by atoms with Gasteiger partial charge in [-0.05, 0) is 7.05 Å². The zero-order valence-corrected chi connectivity index (χ0v) is 7.27. The number of hydrogen-bond acceptors (Lipinski definition) is 2. The quantitative estimate of drug-likeness (QED) is 0.424. The van der Waals surface area contributed by atoms with Crippen LogP contribution in [0.5, 0.6) is 0 Å². The first-order valence-corrected chi connectivity index (χ1v) is 4.22. The molecule has 0 amide bonds. The van der Waals surface area contributed by atoms with Crippen LogP contribution in [-0.2, 0) is 4.74 Å². The molecule has 0 heterocycles. The average Bonchev–Trinajstić information content (AvgIpc) is 1.81. The van der Waals surface area contributed by atoms with E-state index >= 15 is 0 Å². The Morgan fingerprint density at radius 2 is 2.25 bits per heavy atom. The molecule has 0 aromatic carbocycles. The van der Waals surface area contributed by atoms with E-state index in [1.54, 1.807) is 0 Å². The molecule has 0 radical (unpaired) electrons. The third-order valence-corrected chi connectivity index (χ3v) is 1.16. The SMILES string of the molecule is CNCCOCCI. The molecular formula is C5H12INO. The summed E-state index contributed by atoms with van der Waals surface area (Å²) in [5.74, 6) is 0. The zero-order valence-electron chi connectivity index (χ0n) is 5.11. The standard InChI is InChI=1S/C5H12INO/c1-7-3-5-8-4-2-6/h7H,2-5H2,1H3. The van der Waals surface area contributed by atoms with Crippen LogP contribution < -0.4 is 5.32 Å². The Balaban J connectivity index is 2.53. The molecule has 0 aromatic heterocycles. The smallest absolute Gasteiger partial charge is 0.0591 e. The molecule has 0 aliphatic rings. The summed E-state index contributed by atoms with van der Waals surface area (Å²) in [6, 6.07) is 0. The zero-order chi connectivity index (χ0) is 6.24. The average molecular weight is 229 g/mol. The Bertz CT molecular complexity index is 37.4. The van der Waals surface area contributed by atoms with Gasteiger partial charge in [0.2, 0.25) is 0 Å². The summed E-state index contributed by atoms with van der Waals surface area (Å²) in [7, 11) is 1.92. The van der Waals surface area contributed by atoms with Crippen LogP contribution in [-0.4, -0.2) is 31.2 Å². The van der Waals surface area contributed by atoms with Crippen molar-refractivity contribution >= 4 is 22.6 Å². The van der Waals surface area contributed by atoms with Crippen molar-refractivity contribution in [2.24, 2.45) is 0 Å². The van der Waals surface area contributed by atoms with E-state index in [0.29, 0.717) is 0 Å². The third kappa shape index (κ3) is 6.65. The van der Waals surface area contributed by atoms with Crippen LogP contribution in [0.2, 0.25) is 0 Å². The highest BCUT2D eigenvalue weighted by molar-refractivity contribution is 14.1. The van der Waals surface area contributed by atoms with Crippen LogP contribution in [0, 0.1) is 0 Å². The van der Waals surface area contributed by atoms with Crippen LogP contribution in [0.15, 0.2) is 0 Å². The van der Waals surface area contributed by atoms with E-state index in [4.69, 9.17) is 4.74 Å². The van der Waals surface area contributed by atoms with E-state index in [9.17, 15) is 0 Å². The van der Waals surface area contributed by atoms with Gasteiger partial charge in [-0.15, -0.1) is 0 Å². The van der Waals surface area contributed by atoms with Crippen LogP contribution >= 0.6 is 22.6 Å². The number of ether oxygens (including phenoxy) is 1. The van der Waals surface area contributed by atoms with Gasteiger partial charge in [0.05, 0.1) is 13.2 Å². The minimum atomic E-state index is 0.833. The Morgan fingerprint density at radius 3 is 2.75 bits per heavy atom. The number of halogens is 1. The highest BCUT2D eigenvalue weighted by atomic mass is 127. The van der Waals surface area contributed by atoms with Crippen LogP contribution in [0.4, 0.5) is 0 Å². The number of nitrogens with one attached hydrogen (secondary N) is 1. The molecule has 0 atom stereocenters. The molecule has 2 nitrogen and oxygen atoms in total. The normalized spacial score (nSPS) is 9.75. The first-order chi connectivity index (χ1) is 3.91. The maximum atomic E-state index is 5.15. The molecule has 3 heteroatoms. The van der Waals surface area contributed by atoms with Gasteiger partial charge in [-0.2, -0.15) is 0 Å². The lowest BCUT2D eigenvalue weighted by Crippen LogP contribution is -2.14. The second kappa shape index (κ2) is 7.65.